The Morgan fingerprint density at radius 3 is 2.68 bits per heavy atom. The SMILES string of the molecule is NC(=O)C1CCN(C(c2ccccc2F)c2sc3nc(-c4ccco4)nn3c2O)CC1. The number of amides is 1. The van der Waals surface area contributed by atoms with E-state index < -0.39 is 6.04 Å². The molecule has 1 amide bonds. The van der Waals surface area contributed by atoms with E-state index in [-0.39, 0.29) is 23.5 Å². The van der Waals surface area contributed by atoms with E-state index in [1.807, 2.05) is 0 Å². The number of nitrogens with zero attached hydrogens (tertiary/aromatic N) is 4. The smallest absolute Gasteiger partial charge is 0.230 e. The minimum atomic E-state index is -0.532. The maximum atomic E-state index is 14.8. The van der Waals surface area contributed by atoms with Gasteiger partial charge in [0.2, 0.25) is 22.6 Å². The van der Waals surface area contributed by atoms with Crippen LogP contribution in [0.2, 0.25) is 0 Å². The third-order valence-corrected chi connectivity index (χ3v) is 6.76. The van der Waals surface area contributed by atoms with Crippen LogP contribution < -0.4 is 5.73 Å². The number of hydrogen-bond acceptors (Lipinski definition) is 7. The van der Waals surface area contributed by atoms with E-state index in [4.69, 9.17) is 10.2 Å². The molecule has 10 heteroatoms. The van der Waals surface area contributed by atoms with Gasteiger partial charge in [0.1, 0.15) is 5.82 Å². The molecule has 0 aliphatic carbocycles. The van der Waals surface area contributed by atoms with Crippen molar-refractivity contribution >= 4 is 22.2 Å². The van der Waals surface area contributed by atoms with Gasteiger partial charge in [-0.15, -0.1) is 5.10 Å². The number of halogens is 1. The van der Waals surface area contributed by atoms with E-state index in [1.165, 1.54) is 28.2 Å². The number of piperidine rings is 1. The highest BCUT2D eigenvalue weighted by atomic mass is 32.1. The molecule has 1 unspecified atom stereocenters. The van der Waals surface area contributed by atoms with E-state index in [0.29, 0.717) is 52.9 Å². The summed E-state index contributed by atoms with van der Waals surface area (Å²) in [4.78, 5) is 19.1. The molecule has 1 aliphatic heterocycles. The van der Waals surface area contributed by atoms with Crippen molar-refractivity contribution in [2.75, 3.05) is 13.1 Å². The maximum Gasteiger partial charge on any atom is 0.230 e. The molecule has 4 heterocycles. The van der Waals surface area contributed by atoms with Crippen LogP contribution in [0.1, 0.15) is 29.3 Å². The van der Waals surface area contributed by atoms with Gasteiger partial charge in [0.15, 0.2) is 5.76 Å². The Bertz CT molecular complexity index is 1230. The first-order valence-corrected chi connectivity index (χ1v) is 10.7. The molecule has 4 aromatic rings. The summed E-state index contributed by atoms with van der Waals surface area (Å²) in [6.45, 7) is 1.11. The summed E-state index contributed by atoms with van der Waals surface area (Å²) in [5.74, 6) is -0.0906. The van der Waals surface area contributed by atoms with Crippen molar-refractivity contribution in [1.82, 2.24) is 19.5 Å². The number of likely N-dealkylation sites (tertiary alicyclic amines) is 1. The lowest BCUT2D eigenvalue weighted by Gasteiger charge is -2.36. The van der Waals surface area contributed by atoms with E-state index in [1.54, 1.807) is 30.3 Å². The fourth-order valence-electron chi connectivity index (χ4n) is 4.08. The summed E-state index contributed by atoms with van der Waals surface area (Å²) in [5, 5.41) is 15.4. The van der Waals surface area contributed by atoms with Gasteiger partial charge < -0.3 is 15.3 Å². The molecule has 1 aliphatic rings. The zero-order valence-corrected chi connectivity index (χ0v) is 17.3. The van der Waals surface area contributed by atoms with Gasteiger partial charge in [0, 0.05) is 11.5 Å². The fourth-order valence-corrected chi connectivity index (χ4v) is 5.19. The molecule has 3 aromatic heterocycles. The zero-order valence-electron chi connectivity index (χ0n) is 16.4. The van der Waals surface area contributed by atoms with Crippen molar-refractivity contribution in [2.45, 2.75) is 18.9 Å². The number of primary amides is 1. The molecule has 1 aromatic carbocycles. The molecule has 3 N–H and O–H groups in total. The highest BCUT2D eigenvalue weighted by Crippen LogP contribution is 2.42. The first kappa shape index (κ1) is 19.7. The predicted molar refractivity (Wildman–Crippen MR) is 112 cm³/mol. The standard InChI is InChI=1S/C21H20FN5O3S/c22-14-5-2-1-4-13(14)16(26-9-7-12(8-10-26)18(23)28)17-20(29)27-21(31-17)24-19(25-27)15-6-3-11-30-15/h1-6,11-12,16,29H,7-10H2,(H2,23,28). The second-order valence-corrected chi connectivity index (χ2v) is 8.54. The number of nitrogens with two attached hydrogens (primary N) is 1. The van der Waals surface area contributed by atoms with Crippen molar-refractivity contribution in [3.05, 3.63) is 58.9 Å². The number of rotatable bonds is 5. The highest BCUT2D eigenvalue weighted by Gasteiger charge is 2.34. The van der Waals surface area contributed by atoms with Crippen LogP contribution in [0, 0.1) is 11.7 Å². The lowest BCUT2D eigenvalue weighted by molar-refractivity contribution is -0.123. The number of carbonyl (C=O) groups excluding carboxylic acids is 1. The Morgan fingerprint density at radius 1 is 1.26 bits per heavy atom. The number of hydrogen-bond donors (Lipinski definition) is 2. The van der Waals surface area contributed by atoms with E-state index in [9.17, 15) is 14.3 Å². The number of aromatic nitrogens is 3. The van der Waals surface area contributed by atoms with E-state index in [0.717, 1.165) is 0 Å². The van der Waals surface area contributed by atoms with Gasteiger partial charge in [-0.05, 0) is 44.1 Å². The monoisotopic (exact) mass is 441 g/mol. The Hall–Kier alpha value is -3.24. The average Bonchev–Trinajstić information content (AvgIpc) is 3.49. The topological polar surface area (TPSA) is 110 Å². The van der Waals surface area contributed by atoms with Gasteiger partial charge in [0.25, 0.3) is 0 Å². The van der Waals surface area contributed by atoms with Crippen LogP contribution in [0.4, 0.5) is 4.39 Å². The molecule has 0 spiro atoms. The fraction of sp³-hybridized carbons (Fsp3) is 0.286. The molecule has 160 valence electrons. The number of benzene rings is 1. The molecule has 1 atom stereocenters. The van der Waals surface area contributed by atoms with Crippen molar-refractivity contribution in [3.63, 3.8) is 0 Å². The summed E-state index contributed by atoms with van der Waals surface area (Å²) < 4.78 is 21.5. The molecular weight excluding hydrogens is 421 g/mol. The molecule has 1 saturated heterocycles. The first-order valence-electron chi connectivity index (χ1n) is 9.93. The van der Waals surface area contributed by atoms with Gasteiger partial charge in [-0.3, -0.25) is 9.69 Å². The molecule has 0 bridgehead atoms. The number of aromatic hydroxyl groups is 1. The van der Waals surface area contributed by atoms with Crippen LogP contribution in [0.3, 0.4) is 0 Å². The lowest BCUT2D eigenvalue weighted by atomic mass is 9.93. The normalized spacial score (nSPS) is 16.7. The minimum Gasteiger partial charge on any atom is -0.492 e. The molecule has 0 saturated carbocycles. The molecule has 8 nitrogen and oxygen atoms in total. The number of fused-ring (bicyclic) bond motifs is 1. The van der Waals surface area contributed by atoms with Gasteiger partial charge in [-0.25, -0.2) is 4.39 Å². The van der Waals surface area contributed by atoms with Crippen LogP contribution in [0.15, 0.2) is 47.1 Å². The van der Waals surface area contributed by atoms with Crippen LogP contribution in [-0.4, -0.2) is 43.6 Å². The average molecular weight is 441 g/mol. The first-order chi connectivity index (χ1) is 15.0. The van der Waals surface area contributed by atoms with Crippen LogP contribution in [0.25, 0.3) is 16.5 Å². The Labute approximate surface area is 180 Å². The molecular formula is C21H20FN5O3S. The molecule has 31 heavy (non-hydrogen) atoms. The van der Waals surface area contributed by atoms with Crippen molar-refractivity contribution in [3.8, 4) is 17.5 Å². The molecule has 5 rings (SSSR count). The number of furan rings is 1. The van der Waals surface area contributed by atoms with Crippen LogP contribution >= 0.6 is 11.3 Å². The summed E-state index contributed by atoms with van der Waals surface area (Å²) in [5.41, 5.74) is 5.92. The third kappa shape index (κ3) is 3.47. The maximum absolute atomic E-state index is 14.8. The largest absolute Gasteiger partial charge is 0.492 e. The van der Waals surface area contributed by atoms with Crippen LogP contribution in [-0.2, 0) is 4.79 Å². The van der Waals surface area contributed by atoms with Gasteiger partial charge in [0.05, 0.1) is 17.2 Å². The quantitative estimate of drug-likeness (QED) is 0.492. The third-order valence-electron chi connectivity index (χ3n) is 5.69. The van der Waals surface area contributed by atoms with E-state index in [2.05, 4.69) is 15.0 Å². The molecule has 1 fully saturated rings. The summed E-state index contributed by atoms with van der Waals surface area (Å²) in [7, 11) is 0. The predicted octanol–water partition coefficient (Wildman–Crippen LogP) is 3.18. The second-order valence-electron chi connectivity index (χ2n) is 7.53. The van der Waals surface area contributed by atoms with Crippen LogP contribution in [0.5, 0.6) is 5.88 Å². The Balaban J connectivity index is 1.56. The van der Waals surface area contributed by atoms with Crippen molar-refractivity contribution in [2.24, 2.45) is 11.7 Å². The van der Waals surface area contributed by atoms with E-state index >= 15 is 0 Å². The minimum absolute atomic E-state index is 0.0874. The van der Waals surface area contributed by atoms with Crippen molar-refractivity contribution in [1.29, 1.82) is 0 Å². The second kappa shape index (κ2) is 7.78. The summed E-state index contributed by atoms with van der Waals surface area (Å²) >= 11 is 1.25. The van der Waals surface area contributed by atoms with Gasteiger partial charge >= 0.3 is 0 Å². The summed E-state index contributed by atoms with van der Waals surface area (Å²) in [6.07, 6.45) is 2.70. The number of thiazole rings is 1. The number of carbonyl (C=O) groups is 1. The van der Waals surface area contributed by atoms with Gasteiger partial charge in [-0.2, -0.15) is 9.50 Å². The Kier molecular flexibility index (Phi) is 4.95. The lowest BCUT2D eigenvalue weighted by Crippen LogP contribution is -2.40. The highest BCUT2D eigenvalue weighted by molar-refractivity contribution is 7.17. The zero-order chi connectivity index (χ0) is 21.5. The van der Waals surface area contributed by atoms with Crippen molar-refractivity contribution < 1.29 is 18.7 Å². The van der Waals surface area contributed by atoms with Gasteiger partial charge in [-0.1, -0.05) is 29.5 Å². The Morgan fingerprint density at radius 2 is 2.03 bits per heavy atom. The molecule has 0 radical (unpaired) electrons. The summed E-state index contributed by atoms with van der Waals surface area (Å²) in [6, 6.07) is 9.46.